The van der Waals surface area contributed by atoms with E-state index in [2.05, 4.69) is 10.3 Å². The van der Waals surface area contributed by atoms with Gasteiger partial charge in [-0.2, -0.15) is 0 Å². The number of aromatic nitrogens is 1. The average Bonchev–Trinajstić information content (AvgIpc) is 2.24. The Bertz CT molecular complexity index is 542. The van der Waals surface area contributed by atoms with Crippen molar-refractivity contribution in [3.8, 4) is 0 Å². The third kappa shape index (κ3) is 4.58. The predicted molar refractivity (Wildman–Crippen MR) is 68.4 cm³/mol. The maximum atomic E-state index is 10.9. The molecule has 1 rings (SSSR count). The molecule has 0 aliphatic rings. The summed E-state index contributed by atoms with van der Waals surface area (Å²) in [6.07, 6.45) is 1.56. The van der Waals surface area contributed by atoms with E-state index in [-0.39, 0.29) is 17.3 Å². The number of aromatic carboxylic acids is 1. The summed E-state index contributed by atoms with van der Waals surface area (Å²) in [6.45, 7) is 0.355. The summed E-state index contributed by atoms with van der Waals surface area (Å²) >= 11 is 0. The zero-order chi connectivity index (χ0) is 13.8. The SMILES string of the molecule is CS(=O)(=O)CCCNc1nc(C(=O)O)ccc1N. The Labute approximate surface area is 105 Å². The summed E-state index contributed by atoms with van der Waals surface area (Å²) in [6, 6.07) is 2.74. The normalized spacial score (nSPS) is 11.2. The number of sulfone groups is 1. The van der Waals surface area contributed by atoms with Gasteiger partial charge in [0.2, 0.25) is 0 Å². The van der Waals surface area contributed by atoms with E-state index in [9.17, 15) is 13.2 Å². The minimum absolute atomic E-state index is 0.0541. The summed E-state index contributed by atoms with van der Waals surface area (Å²) in [4.78, 5) is 14.5. The van der Waals surface area contributed by atoms with Crippen molar-refractivity contribution in [1.29, 1.82) is 0 Å². The van der Waals surface area contributed by atoms with Crippen molar-refractivity contribution >= 4 is 27.3 Å². The smallest absolute Gasteiger partial charge is 0.354 e. The molecule has 0 bridgehead atoms. The van der Waals surface area contributed by atoms with E-state index in [4.69, 9.17) is 10.8 Å². The highest BCUT2D eigenvalue weighted by atomic mass is 32.2. The Balaban J connectivity index is 2.61. The van der Waals surface area contributed by atoms with Gasteiger partial charge in [0.25, 0.3) is 0 Å². The van der Waals surface area contributed by atoms with E-state index < -0.39 is 15.8 Å². The molecule has 4 N–H and O–H groups in total. The highest BCUT2D eigenvalue weighted by Crippen LogP contribution is 2.15. The van der Waals surface area contributed by atoms with Crippen molar-refractivity contribution in [2.45, 2.75) is 6.42 Å². The van der Waals surface area contributed by atoms with Crippen molar-refractivity contribution < 1.29 is 18.3 Å². The second-order valence-corrected chi connectivity index (χ2v) is 6.11. The number of carboxylic acids is 1. The van der Waals surface area contributed by atoms with E-state index in [1.807, 2.05) is 0 Å². The molecular weight excluding hydrogens is 258 g/mol. The van der Waals surface area contributed by atoms with Crippen LogP contribution in [-0.4, -0.2) is 43.0 Å². The number of carbonyl (C=O) groups is 1. The third-order valence-electron chi connectivity index (χ3n) is 2.13. The molecule has 1 heterocycles. The standard InChI is InChI=1S/C10H15N3O4S/c1-18(16,17)6-2-5-12-9-7(11)3-4-8(13-9)10(14)15/h3-4H,2,5-6,11H2,1H3,(H,12,13)(H,14,15). The van der Waals surface area contributed by atoms with Crippen LogP contribution in [0.1, 0.15) is 16.9 Å². The number of nitrogens with two attached hydrogens (primary N) is 1. The Morgan fingerprint density at radius 2 is 2.17 bits per heavy atom. The molecule has 0 amide bonds. The van der Waals surface area contributed by atoms with Crippen LogP contribution >= 0.6 is 0 Å². The lowest BCUT2D eigenvalue weighted by molar-refractivity contribution is 0.0690. The molecule has 0 spiro atoms. The number of nitrogens with zero attached hydrogens (tertiary/aromatic N) is 1. The van der Waals surface area contributed by atoms with Gasteiger partial charge in [-0.3, -0.25) is 0 Å². The van der Waals surface area contributed by atoms with Gasteiger partial charge < -0.3 is 16.2 Å². The molecule has 7 nitrogen and oxygen atoms in total. The van der Waals surface area contributed by atoms with Crippen LogP contribution in [0.25, 0.3) is 0 Å². The molecule has 18 heavy (non-hydrogen) atoms. The number of rotatable bonds is 6. The molecule has 0 unspecified atom stereocenters. The minimum atomic E-state index is -3.00. The predicted octanol–water partition coefficient (Wildman–Crippen LogP) is 0.209. The van der Waals surface area contributed by atoms with Crippen LogP contribution in [0.5, 0.6) is 0 Å². The summed E-state index contributed by atoms with van der Waals surface area (Å²) in [5.41, 5.74) is 5.82. The molecule has 0 aliphatic carbocycles. The number of hydrogen-bond donors (Lipinski definition) is 3. The second-order valence-electron chi connectivity index (χ2n) is 3.85. The van der Waals surface area contributed by atoms with Gasteiger partial charge >= 0.3 is 5.97 Å². The molecule has 0 radical (unpaired) electrons. The highest BCUT2D eigenvalue weighted by Gasteiger charge is 2.08. The monoisotopic (exact) mass is 273 g/mol. The first-order valence-electron chi connectivity index (χ1n) is 5.21. The minimum Gasteiger partial charge on any atom is -0.477 e. The third-order valence-corrected chi connectivity index (χ3v) is 3.16. The van der Waals surface area contributed by atoms with E-state index >= 15 is 0 Å². The maximum absolute atomic E-state index is 10.9. The maximum Gasteiger partial charge on any atom is 0.354 e. The number of hydrogen-bond acceptors (Lipinski definition) is 6. The van der Waals surface area contributed by atoms with Gasteiger partial charge in [0.1, 0.15) is 15.7 Å². The second kappa shape index (κ2) is 5.67. The molecule has 0 fully saturated rings. The molecule has 0 aliphatic heterocycles. The van der Waals surface area contributed by atoms with Crippen molar-refractivity contribution in [1.82, 2.24) is 4.98 Å². The molecule has 1 aromatic heterocycles. The first-order chi connectivity index (χ1) is 8.29. The fraction of sp³-hybridized carbons (Fsp3) is 0.400. The van der Waals surface area contributed by atoms with Crippen LogP contribution in [0.2, 0.25) is 0 Å². The lowest BCUT2D eigenvalue weighted by Gasteiger charge is -2.08. The van der Waals surface area contributed by atoms with Gasteiger partial charge in [-0.05, 0) is 18.6 Å². The number of nitrogens with one attached hydrogen (secondary N) is 1. The Kier molecular flexibility index (Phi) is 4.49. The zero-order valence-corrected chi connectivity index (χ0v) is 10.7. The zero-order valence-electron chi connectivity index (χ0n) is 9.88. The van der Waals surface area contributed by atoms with Crippen molar-refractivity contribution in [3.05, 3.63) is 17.8 Å². The fourth-order valence-corrected chi connectivity index (χ4v) is 1.94. The van der Waals surface area contributed by atoms with Gasteiger partial charge in [0.15, 0.2) is 5.69 Å². The Morgan fingerprint density at radius 1 is 1.50 bits per heavy atom. The van der Waals surface area contributed by atoms with Crippen molar-refractivity contribution in [2.24, 2.45) is 0 Å². The van der Waals surface area contributed by atoms with Gasteiger partial charge in [0.05, 0.1) is 11.4 Å². The number of carboxylic acid groups (broad SMARTS) is 1. The molecular formula is C10H15N3O4S. The summed E-state index contributed by atoms with van der Waals surface area (Å²) in [5.74, 6) is -0.837. The number of pyridine rings is 1. The van der Waals surface area contributed by atoms with Crippen LogP contribution in [0.15, 0.2) is 12.1 Å². The quantitative estimate of drug-likeness (QED) is 0.633. The van der Waals surface area contributed by atoms with E-state index in [1.165, 1.54) is 12.1 Å². The van der Waals surface area contributed by atoms with Gasteiger partial charge in [0, 0.05) is 12.8 Å². The Hall–Kier alpha value is -1.83. The molecule has 1 aromatic rings. The average molecular weight is 273 g/mol. The number of anilines is 2. The van der Waals surface area contributed by atoms with Crippen LogP contribution in [0.3, 0.4) is 0 Å². The molecule has 0 aromatic carbocycles. The topological polar surface area (TPSA) is 122 Å². The van der Waals surface area contributed by atoms with Crippen LogP contribution in [-0.2, 0) is 9.84 Å². The largest absolute Gasteiger partial charge is 0.477 e. The van der Waals surface area contributed by atoms with Crippen LogP contribution < -0.4 is 11.1 Å². The Morgan fingerprint density at radius 3 is 2.72 bits per heavy atom. The van der Waals surface area contributed by atoms with E-state index in [0.29, 0.717) is 18.7 Å². The summed E-state index contributed by atoms with van der Waals surface area (Å²) < 4.78 is 21.8. The number of nitrogen functional groups attached to an aromatic ring is 1. The van der Waals surface area contributed by atoms with Crippen molar-refractivity contribution in [2.75, 3.05) is 29.6 Å². The van der Waals surface area contributed by atoms with Gasteiger partial charge in [-0.15, -0.1) is 0 Å². The molecule has 8 heteroatoms. The fourth-order valence-electron chi connectivity index (χ4n) is 1.27. The van der Waals surface area contributed by atoms with E-state index in [1.54, 1.807) is 0 Å². The lowest BCUT2D eigenvalue weighted by atomic mass is 10.3. The van der Waals surface area contributed by atoms with Crippen LogP contribution in [0, 0.1) is 0 Å². The van der Waals surface area contributed by atoms with Crippen LogP contribution in [0.4, 0.5) is 11.5 Å². The molecule has 100 valence electrons. The summed E-state index contributed by atoms with van der Waals surface area (Å²) in [7, 11) is -3.00. The van der Waals surface area contributed by atoms with Crippen molar-refractivity contribution in [3.63, 3.8) is 0 Å². The lowest BCUT2D eigenvalue weighted by Crippen LogP contribution is -2.13. The van der Waals surface area contributed by atoms with Gasteiger partial charge in [-0.1, -0.05) is 0 Å². The summed E-state index contributed by atoms with van der Waals surface area (Å²) in [5, 5.41) is 11.6. The molecule has 0 saturated heterocycles. The first kappa shape index (κ1) is 14.2. The van der Waals surface area contributed by atoms with E-state index in [0.717, 1.165) is 6.26 Å². The van der Waals surface area contributed by atoms with Gasteiger partial charge in [-0.25, -0.2) is 18.2 Å². The molecule has 0 atom stereocenters. The first-order valence-corrected chi connectivity index (χ1v) is 7.27. The highest BCUT2D eigenvalue weighted by molar-refractivity contribution is 7.90. The molecule has 0 saturated carbocycles.